The number of rotatable bonds is 2. The van der Waals surface area contributed by atoms with Crippen LogP contribution in [-0.4, -0.2) is 39.9 Å². The van der Waals surface area contributed by atoms with Gasteiger partial charge in [-0.25, -0.2) is 0 Å². The second-order valence-corrected chi connectivity index (χ2v) is 3.88. The van der Waals surface area contributed by atoms with Crippen LogP contribution in [-0.2, 0) is 4.79 Å². The third kappa shape index (κ3) is 1.93. The number of carbonyl (C=O) groups is 1. The second-order valence-electron chi connectivity index (χ2n) is 2.77. The number of aliphatic hydroxyl groups excluding tert-OH is 1. The van der Waals surface area contributed by atoms with Gasteiger partial charge in [0.1, 0.15) is 0 Å². The Kier molecular flexibility index (Phi) is 2.90. The number of halogens is 1. The number of aliphatic hydroxyl groups is 1. The molecule has 1 heterocycles. The first-order valence-corrected chi connectivity index (χ1v) is 4.67. The highest BCUT2D eigenvalue weighted by atomic mass is 79.9. The van der Waals surface area contributed by atoms with Crippen molar-refractivity contribution < 1.29 is 9.90 Å². The Hall–Kier alpha value is -0.0900. The number of nitrogens with zero attached hydrogens (tertiary/aromatic N) is 1. The van der Waals surface area contributed by atoms with E-state index in [4.69, 9.17) is 5.11 Å². The molecule has 1 amide bonds. The molecule has 1 atom stereocenters. The highest BCUT2D eigenvalue weighted by Gasteiger charge is 2.31. The number of carbonyl (C=O) groups excluding carboxylic acids is 1. The van der Waals surface area contributed by atoms with Gasteiger partial charge in [0.15, 0.2) is 0 Å². The molecule has 3 nitrogen and oxygen atoms in total. The van der Waals surface area contributed by atoms with Gasteiger partial charge in [0.05, 0.1) is 10.9 Å². The Labute approximate surface area is 74.5 Å². The summed E-state index contributed by atoms with van der Waals surface area (Å²) in [6.07, 6.45) is 0.501. The van der Waals surface area contributed by atoms with Crippen LogP contribution in [0.5, 0.6) is 0 Å². The number of hydrogen-bond donors (Lipinski definition) is 1. The minimum Gasteiger partial charge on any atom is -0.389 e. The smallest absolute Gasteiger partial charge is 0.236 e. The van der Waals surface area contributed by atoms with Gasteiger partial charge in [-0.2, -0.15) is 0 Å². The summed E-state index contributed by atoms with van der Waals surface area (Å²) in [5.41, 5.74) is 0. The molecule has 1 saturated heterocycles. The lowest BCUT2D eigenvalue weighted by molar-refractivity contribution is -0.140. The van der Waals surface area contributed by atoms with Crippen LogP contribution in [0.3, 0.4) is 0 Å². The Morgan fingerprint density at radius 2 is 2.36 bits per heavy atom. The van der Waals surface area contributed by atoms with E-state index in [1.54, 1.807) is 4.90 Å². The first kappa shape index (κ1) is 9.00. The number of β-amino-alcohol motifs (C(OH)–C–C–N with tert-alkyl or cyclic N) is 1. The monoisotopic (exact) mass is 221 g/mol. The van der Waals surface area contributed by atoms with Crippen LogP contribution in [0, 0.1) is 0 Å². The largest absolute Gasteiger partial charge is 0.389 e. The molecule has 0 aromatic rings. The van der Waals surface area contributed by atoms with Crippen LogP contribution in [0.4, 0.5) is 0 Å². The summed E-state index contributed by atoms with van der Waals surface area (Å²) < 4.78 is 0. The molecule has 0 radical (unpaired) electrons. The maximum atomic E-state index is 11.3. The predicted molar refractivity (Wildman–Crippen MR) is 45.6 cm³/mol. The van der Waals surface area contributed by atoms with Gasteiger partial charge >= 0.3 is 0 Å². The first-order valence-electron chi connectivity index (χ1n) is 3.76. The zero-order valence-electron chi connectivity index (χ0n) is 6.46. The van der Waals surface area contributed by atoms with E-state index in [2.05, 4.69) is 15.9 Å². The van der Waals surface area contributed by atoms with Crippen molar-refractivity contribution in [2.75, 3.05) is 13.1 Å². The van der Waals surface area contributed by atoms with E-state index < -0.39 is 0 Å². The molecule has 0 aromatic carbocycles. The van der Waals surface area contributed by atoms with E-state index in [1.165, 1.54) is 0 Å². The molecule has 0 bridgehead atoms. The molecule has 64 valence electrons. The van der Waals surface area contributed by atoms with Gasteiger partial charge in [-0.15, -0.1) is 0 Å². The average Bonchev–Trinajstić information content (AvgIpc) is 1.96. The SMILES string of the molecule is CCC(Br)C(=O)N1CC(O)C1. The summed E-state index contributed by atoms with van der Waals surface area (Å²) in [6, 6.07) is 0. The molecule has 0 saturated carbocycles. The van der Waals surface area contributed by atoms with Gasteiger partial charge in [-0.3, -0.25) is 4.79 Å². The predicted octanol–water partition coefficient (Wildman–Crippen LogP) is 0.363. The standard InChI is InChI=1S/C7H12BrNO2/c1-2-6(8)7(11)9-3-5(10)4-9/h5-6,10H,2-4H2,1H3. The van der Waals surface area contributed by atoms with Crippen molar-refractivity contribution >= 4 is 21.8 Å². The molecule has 1 rings (SSSR count). The third-order valence-electron chi connectivity index (χ3n) is 1.80. The highest BCUT2D eigenvalue weighted by molar-refractivity contribution is 9.10. The van der Waals surface area contributed by atoms with Gasteiger partial charge in [-0.05, 0) is 6.42 Å². The zero-order chi connectivity index (χ0) is 8.43. The van der Waals surface area contributed by atoms with Gasteiger partial charge in [0.2, 0.25) is 5.91 Å². The molecule has 0 aromatic heterocycles. The van der Waals surface area contributed by atoms with Gasteiger partial charge in [0.25, 0.3) is 0 Å². The van der Waals surface area contributed by atoms with Gasteiger partial charge in [0, 0.05) is 13.1 Å². The van der Waals surface area contributed by atoms with Crippen LogP contribution >= 0.6 is 15.9 Å². The lowest BCUT2D eigenvalue weighted by atomic mass is 10.1. The lowest BCUT2D eigenvalue weighted by Gasteiger charge is -2.37. The topological polar surface area (TPSA) is 40.5 Å². The molecule has 1 aliphatic rings. The maximum absolute atomic E-state index is 11.3. The number of amides is 1. The minimum atomic E-state index is -0.296. The van der Waals surface area contributed by atoms with Crippen molar-refractivity contribution in [1.82, 2.24) is 4.90 Å². The Morgan fingerprint density at radius 3 is 2.73 bits per heavy atom. The Bertz CT molecular complexity index is 157. The van der Waals surface area contributed by atoms with Crippen molar-refractivity contribution in [3.05, 3.63) is 0 Å². The lowest BCUT2D eigenvalue weighted by Crippen LogP contribution is -2.55. The highest BCUT2D eigenvalue weighted by Crippen LogP contribution is 2.14. The molecular formula is C7H12BrNO2. The zero-order valence-corrected chi connectivity index (χ0v) is 8.04. The van der Waals surface area contributed by atoms with Crippen LogP contribution in [0.2, 0.25) is 0 Å². The van der Waals surface area contributed by atoms with Gasteiger partial charge < -0.3 is 10.0 Å². The summed E-state index contributed by atoms with van der Waals surface area (Å²) in [4.78, 5) is 12.9. The summed E-state index contributed by atoms with van der Waals surface area (Å²) in [7, 11) is 0. The molecule has 4 heteroatoms. The Morgan fingerprint density at radius 1 is 1.82 bits per heavy atom. The summed E-state index contributed by atoms with van der Waals surface area (Å²) in [5, 5.41) is 8.91. The fourth-order valence-electron chi connectivity index (χ4n) is 1.01. The van der Waals surface area contributed by atoms with E-state index in [1.807, 2.05) is 6.92 Å². The first-order chi connectivity index (χ1) is 5.15. The molecule has 1 aliphatic heterocycles. The van der Waals surface area contributed by atoms with E-state index in [9.17, 15) is 4.79 Å². The summed E-state index contributed by atoms with van der Waals surface area (Å²) >= 11 is 3.26. The van der Waals surface area contributed by atoms with E-state index in [-0.39, 0.29) is 16.8 Å². The number of hydrogen-bond acceptors (Lipinski definition) is 2. The molecule has 1 unspecified atom stereocenters. The van der Waals surface area contributed by atoms with Crippen molar-refractivity contribution in [2.24, 2.45) is 0 Å². The van der Waals surface area contributed by atoms with Crippen LogP contribution in [0.1, 0.15) is 13.3 Å². The van der Waals surface area contributed by atoms with Crippen LogP contribution in [0.25, 0.3) is 0 Å². The third-order valence-corrected chi connectivity index (χ3v) is 2.84. The molecule has 1 fully saturated rings. The molecule has 0 spiro atoms. The number of alkyl halides is 1. The van der Waals surface area contributed by atoms with E-state index in [0.29, 0.717) is 13.1 Å². The fourth-order valence-corrected chi connectivity index (χ4v) is 1.30. The van der Waals surface area contributed by atoms with Crippen LogP contribution < -0.4 is 0 Å². The fraction of sp³-hybridized carbons (Fsp3) is 0.857. The molecule has 0 aliphatic carbocycles. The summed E-state index contributed by atoms with van der Waals surface area (Å²) in [5.74, 6) is 0.0952. The normalized spacial score (nSPS) is 21.2. The van der Waals surface area contributed by atoms with Gasteiger partial charge in [-0.1, -0.05) is 22.9 Å². The molecular weight excluding hydrogens is 210 g/mol. The minimum absolute atomic E-state index is 0.0741. The average molecular weight is 222 g/mol. The van der Waals surface area contributed by atoms with Crippen molar-refractivity contribution in [1.29, 1.82) is 0 Å². The Balaban J connectivity index is 2.31. The van der Waals surface area contributed by atoms with E-state index >= 15 is 0 Å². The van der Waals surface area contributed by atoms with E-state index in [0.717, 1.165) is 6.42 Å². The summed E-state index contributed by atoms with van der Waals surface area (Å²) in [6.45, 7) is 2.95. The quantitative estimate of drug-likeness (QED) is 0.685. The number of likely N-dealkylation sites (tertiary alicyclic amines) is 1. The van der Waals surface area contributed by atoms with Crippen molar-refractivity contribution in [3.63, 3.8) is 0 Å². The second kappa shape index (κ2) is 3.54. The molecule has 1 N–H and O–H groups in total. The maximum Gasteiger partial charge on any atom is 0.236 e. The van der Waals surface area contributed by atoms with Crippen molar-refractivity contribution in [3.8, 4) is 0 Å². The molecule has 11 heavy (non-hydrogen) atoms. The van der Waals surface area contributed by atoms with Crippen molar-refractivity contribution in [2.45, 2.75) is 24.3 Å². The van der Waals surface area contributed by atoms with Crippen LogP contribution in [0.15, 0.2) is 0 Å².